The van der Waals surface area contributed by atoms with Crippen LogP contribution in [0.1, 0.15) is 161 Å². The van der Waals surface area contributed by atoms with Crippen LogP contribution in [0.25, 0.3) is 164 Å². The molecule has 47 nitrogen and oxygen atoms in total. The Balaban J connectivity index is 0.0000000949. The third-order valence-electron chi connectivity index (χ3n) is 24.2. The normalized spacial score (nSPS) is 13.6. The predicted octanol–water partition coefficient (Wildman–Crippen LogP) is 11.0. The van der Waals surface area contributed by atoms with Gasteiger partial charge in [-0.25, -0.2) is 62.4 Å². The molecule has 0 radical (unpaired) electrons. The predicted molar refractivity (Wildman–Crippen MR) is 506 cm³/mol. The lowest BCUT2D eigenvalue weighted by Crippen LogP contribution is -2.15. The van der Waals surface area contributed by atoms with E-state index in [0.29, 0.717) is 104 Å². The van der Waals surface area contributed by atoms with Crippen LogP contribution in [0, 0.1) is 0 Å². The van der Waals surface area contributed by atoms with E-state index < -0.39 is 29.5 Å². The van der Waals surface area contributed by atoms with Gasteiger partial charge in [-0.2, -0.15) is 61.0 Å². The summed E-state index contributed by atoms with van der Waals surface area (Å²) in [7, 11) is 0. The lowest BCUT2D eigenvalue weighted by molar-refractivity contribution is 0.0985. The second kappa shape index (κ2) is 33.3. The van der Waals surface area contributed by atoms with E-state index in [1.807, 2.05) is 159 Å². The van der Waals surface area contributed by atoms with Gasteiger partial charge in [0.1, 0.15) is 155 Å². The van der Waals surface area contributed by atoms with Gasteiger partial charge in [0.15, 0.2) is 38.2 Å². The molecule has 696 valence electrons. The van der Waals surface area contributed by atoms with Gasteiger partial charge in [-0.15, -0.1) is 22.7 Å². The summed E-state index contributed by atoms with van der Waals surface area (Å²) in [6.45, 7) is 9.15. The van der Waals surface area contributed by atoms with Crippen molar-refractivity contribution in [1.82, 2.24) is 169 Å². The van der Waals surface area contributed by atoms with Crippen molar-refractivity contribution in [3.63, 3.8) is 0 Å². The van der Waals surface area contributed by atoms with Crippen molar-refractivity contribution in [2.24, 2.45) is 28.7 Å². The van der Waals surface area contributed by atoms with Crippen molar-refractivity contribution in [2.45, 2.75) is 116 Å². The Morgan fingerprint density at radius 3 is 0.943 bits per heavy atom. The minimum atomic E-state index is -0.602. The van der Waals surface area contributed by atoms with E-state index in [4.69, 9.17) is 62.7 Å². The number of aromatic nitrogens is 35. The van der Waals surface area contributed by atoms with E-state index in [0.717, 1.165) is 116 Å². The zero-order valence-corrected chi connectivity index (χ0v) is 76.1. The lowest BCUT2D eigenvalue weighted by atomic mass is 10.2. The average molecular weight is 1910 g/mol. The van der Waals surface area contributed by atoms with E-state index in [2.05, 4.69) is 108 Å². The number of hydrogen-bond acceptors (Lipinski definition) is 29. The molecule has 3 aliphatic carbocycles. The summed E-state index contributed by atoms with van der Waals surface area (Å²) in [5.41, 5.74) is 45.8. The molecular weight excluding hydrogens is 1830 g/mol. The van der Waals surface area contributed by atoms with Gasteiger partial charge in [-0.05, 0) is 164 Å². The highest BCUT2D eigenvalue weighted by atomic mass is 32.1. The number of carbonyl (C=O) groups excluding carboxylic acids is 5. The van der Waals surface area contributed by atoms with E-state index in [1.165, 1.54) is 90.6 Å². The molecule has 0 spiro atoms. The maximum Gasteiger partial charge on any atom is 0.306 e. The van der Waals surface area contributed by atoms with E-state index in [1.54, 1.807) is 63.3 Å². The summed E-state index contributed by atoms with van der Waals surface area (Å²) in [6, 6.07) is 30.0. The molecule has 24 aromatic heterocycles. The molecule has 0 bridgehead atoms. The highest BCUT2D eigenvalue weighted by Gasteiger charge is 2.34. The number of thiazole rings is 2. The van der Waals surface area contributed by atoms with Crippen molar-refractivity contribution < 1.29 is 32.8 Å². The Hall–Kier alpha value is -18.4. The largest absolute Gasteiger partial charge is 0.432 e. The van der Waals surface area contributed by atoms with Crippen LogP contribution >= 0.6 is 22.7 Å². The molecule has 0 aromatic carbocycles. The minimum Gasteiger partial charge on any atom is -0.432 e. The third-order valence-corrected chi connectivity index (χ3v) is 25.8. The molecule has 4 aliphatic rings. The van der Waals surface area contributed by atoms with Crippen LogP contribution in [0.2, 0.25) is 0 Å². The topological polar surface area (TPSA) is 569 Å². The monoisotopic (exact) mass is 1910 g/mol. The molecule has 24 aromatic rings. The number of rotatable bonds is 20. The Morgan fingerprint density at radius 1 is 0.329 bits per heavy atom. The van der Waals surface area contributed by atoms with E-state index >= 15 is 0 Å². The maximum absolute atomic E-state index is 11.7. The average Bonchev–Trinajstić information content (AvgIpc) is 1.61. The summed E-state index contributed by atoms with van der Waals surface area (Å²) in [5.74, 6) is -0.998. The summed E-state index contributed by atoms with van der Waals surface area (Å²) in [5, 5.41) is 50.5. The molecule has 140 heavy (non-hydrogen) atoms. The lowest BCUT2D eigenvalue weighted by Gasteiger charge is -2.07. The third kappa shape index (κ3) is 14.9. The number of aryl methyl sites for hydroxylation is 1. The second-order valence-corrected chi connectivity index (χ2v) is 36.0. The Morgan fingerprint density at radius 2 is 0.629 bits per heavy atom. The quantitative estimate of drug-likeness (QED) is 0.0473. The van der Waals surface area contributed by atoms with Gasteiger partial charge in [0, 0.05) is 91.6 Å². The number of amides is 5. The molecule has 3 saturated carbocycles. The SMILES string of the molecule is CC(C)n1ccc(-c2nc3occn3c2-c2ccc3ncc(C(N)=O)n3n2)n1.CC(C)n1ccc(-c2nc3sccn3c2-c2ccc3ncc(C(N)=O)n3n2)n1.NC(=O)c1cnc2ccc(-c3c(-c4ccn(C5CC5)n4)nc4n3CCC4)nn12.NC(=O)c1cnc2ccc(-c3c(-c4ccn(C5CC5)n4)nc4occn34)nn12.NC(=O)c1cnc2ccc(-c3c(-c4ccn(C5CC5)n4)nc4sccn34)nn12. The van der Waals surface area contributed by atoms with Gasteiger partial charge in [0.2, 0.25) is 0 Å². The first-order valence-corrected chi connectivity index (χ1v) is 46.3. The van der Waals surface area contributed by atoms with Crippen LogP contribution in [-0.2, 0) is 13.0 Å². The number of carbonyl (C=O) groups is 5. The molecule has 28 rings (SSSR count). The highest BCUT2D eigenvalue weighted by Crippen LogP contribution is 2.43. The number of nitrogens with zero attached hydrogens (tertiary/aromatic N) is 35. The molecule has 3 fully saturated rings. The van der Waals surface area contributed by atoms with Crippen LogP contribution in [0.3, 0.4) is 0 Å². The second-order valence-electron chi connectivity index (χ2n) is 34.2. The van der Waals surface area contributed by atoms with E-state index in [-0.39, 0.29) is 40.6 Å². The molecule has 10 N–H and O–H groups in total. The van der Waals surface area contributed by atoms with Crippen LogP contribution < -0.4 is 28.7 Å². The molecule has 0 atom stereocenters. The molecule has 5 amide bonds. The molecule has 49 heteroatoms. The first-order chi connectivity index (χ1) is 68.1. The molecular formula is C91H78N40O7S2. The number of primary amides is 5. The molecule has 25 heterocycles. The van der Waals surface area contributed by atoms with Crippen molar-refractivity contribution in [1.29, 1.82) is 0 Å². The van der Waals surface area contributed by atoms with Crippen LogP contribution in [0.5, 0.6) is 0 Å². The minimum absolute atomic E-state index is 0.204. The summed E-state index contributed by atoms with van der Waals surface area (Å²) in [6.07, 6.45) is 36.5. The van der Waals surface area contributed by atoms with Crippen LogP contribution in [0.4, 0.5) is 0 Å². The van der Waals surface area contributed by atoms with Gasteiger partial charge < -0.3 is 42.1 Å². The fourth-order valence-corrected chi connectivity index (χ4v) is 18.4. The van der Waals surface area contributed by atoms with Gasteiger partial charge in [0.25, 0.3) is 29.5 Å². The number of fused-ring (bicyclic) bond motifs is 10. The number of oxazole rings is 2. The molecule has 0 unspecified atom stereocenters. The van der Waals surface area contributed by atoms with Gasteiger partial charge in [0.05, 0.1) is 54.8 Å². The number of imidazole rings is 10. The number of nitrogens with two attached hydrogens (primary N) is 5. The first kappa shape index (κ1) is 84.5. The summed E-state index contributed by atoms with van der Waals surface area (Å²) in [4.78, 5) is 105. The van der Waals surface area contributed by atoms with Crippen molar-refractivity contribution >= 4 is 102 Å². The van der Waals surface area contributed by atoms with Crippen molar-refractivity contribution in [2.75, 3.05) is 0 Å². The van der Waals surface area contributed by atoms with Crippen LogP contribution in [0.15, 0.2) is 210 Å². The molecule has 1 aliphatic heterocycles. The zero-order chi connectivity index (χ0) is 95.3. The number of hydrogen-bond donors (Lipinski definition) is 5. The standard InChI is InChI=1S/C19H18N8O.C18H14N8O2.C18H16N8O2.C18H14N8OS.C18H16N8OS/c20-19(28)14-10-21-15-6-5-13(24-27(14)15)18-17(22-16-2-1-8-25(16)18)12-7-9-26(23-12)11-3-4-11;19-17(27)13-9-20-14-4-3-12(23-26(13)14)16-15(21-18-24(16)7-8-28-18)11-5-6-25(22-11)10-1-2-10;1-10(2)25-6-5-11(22-25)15-16(24-7-8-28-18(24)21-15)12-3-4-14-20-9-13(17(19)27)26(14)23-12;19-17(27)13-9-20-14-4-3-12(23-26(13)14)16-15(21-18-24(16)7-8-28-18)11-5-6-25(22-11)10-1-2-10;1-10(2)25-6-5-11(22-25)15-16(24-7-8-28-18(24)21-15)12-3-4-14-20-9-13(17(19)27)26(14)23-12/h5-7,9-11H,1-4,8H2,(H2,20,28);3-10H,1-2H2,(H2,19,27);3-10H,1-2H3,(H2,19,27);3-10H,1-2H2,(H2,19,27);3-10H,1-2H3,(H2,19,27). The fraction of sp³-hybridized carbons (Fsp3) is 0.198. The Bertz CT molecular complexity index is 8230. The van der Waals surface area contributed by atoms with Crippen molar-refractivity contribution in [3.05, 3.63) is 235 Å². The van der Waals surface area contributed by atoms with Crippen molar-refractivity contribution in [3.8, 4) is 114 Å². The van der Waals surface area contributed by atoms with Gasteiger partial charge >= 0.3 is 11.7 Å². The van der Waals surface area contributed by atoms with Crippen LogP contribution in [-0.4, -0.2) is 199 Å². The van der Waals surface area contributed by atoms with Gasteiger partial charge in [-0.1, -0.05) is 0 Å². The maximum atomic E-state index is 11.7. The fourth-order valence-electron chi connectivity index (χ4n) is 17.0. The first-order valence-electron chi connectivity index (χ1n) is 44.6. The Kier molecular flexibility index (Phi) is 20.1. The Labute approximate surface area is 793 Å². The zero-order valence-electron chi connectivity index (χ0n) is 74.5. The highest BCUT2D eigenvalue weighted by molar-refractivity contribution is 7.15. The summed E-state index contributed by atoms with van der Waals surface area (Å²) >= 11 is 3.08. The molecule has 0 saturated heterocycles. The van der Waals surface area contributed by atoms with Gasteiger partial charge in [-0.3, -0.25) is 65.0 Å². The van der Waals surface area contributed by atoms with E-state index in [9.17, 15) is 24.0 Å². The summed E-state index contributed by atoms with van der Waals surface area (Å²) < 4.78 is 37.8. The smallest absolute Gasteiger partial charge is 0.306 e.